The van der Waals surface area contributed by atoms with Crippen molar-refractivity contribution in [3.05, 3.63) is 35.2 Å². The number of nitrogens with two attached hydrogens (primary N) is 1. The lowest BCUT2D eigenvalue weighted by Crippen LogP contribution is -2.39. The minimum Gasteiger partial charge on any atom is -0.496 e. The Bertz CT molecular complexity index is 1060. The van der Waals surface area contributed by atoms with Gasteiger partial charge in [0.15, 0.2) is 11.4 Å². The lowest BCUT2D eigenvalue weighted by molar-refractivity contribution is 0.0223. The van der Waals surface area contributed by atoms with Crippen LogP contribution in [0, 0.1) is 0 Å². The summed E-state index contributed by atoms with van der Waals surface area (Å²) in [5.74, 6) is 0.921. The summed E-state index contributed by atoms with van der Waals surface area (Å²) in [6.07, 6.45) is 2.37. The lowest BCUT2D eigenvalue weighted by Gasteiger charge is -2.29. The third-order valence-corrected chi connectivity index (χ3v) is 4.74. The van der Waals surface area contributed by atoms with Crippen LogP contribution < -0.4 is 10.5 Å². The van der Waals surface area contributed by atoms with E-state index in [-0.39, 0.29) is 6.09 Å². The fourth-order valence-electron chi connectivity index (χ4n) is 3.49. The van der Waals surface area contributed by atoms with Gasteiger partial charge < -0.3 is 24.6 Å². The maximum Gasteiger partial charge on any atom is 0.410 e. The van der Waals surface area contributed by atoms with Crippen LogP contribution >= 0.6 is 0 Å². The van der Waals surface area contributed by atoms with E-state index in [1.54, 1.807) is 12.0 Å². The number of ether oxygens (including phenoxy) is 2. The summed E-state index contributed by atoms with van der Waals surface area (Å²) >= 11 is 0. The van der Waals surface area contributed by atoms with E-state index in [9.17, 15) is 4.79 Å². The van der Waals surface area contributed by atoms with Crippen LogP contribution in [-0.2, 0) is 24.2 Å². The van der Waals surface area contributed by atoms with Gasteiger partial charge in [-0.3, -0.25) is 4.68 Å². The van der Waals surface area contributed by atoms with Gasteiger partial charge in [-0.05, 0) is 38.5 Å². The zero-order valence-electron chi connectivity index (χ0n) is 17.1. The van der Waals surface area contributed by atoms with Crippen LogP contribution in [0.15, 0.2) is 22.9 Å². The highest BCUT2D eigenvalue weighted by Crippen LogP contribution is 2.32. The third kappa shape index (κ3) is 3.85. The van der Waals surface area contributed by atoms with E-state index in [1.807, 2.05) is 43.8 Å². The first-order valence-electron chi connectivity index (χ1n) is 9.48. The summed E-state index contributed by atoms with van der Waals surface area (Å²) in [6.45, 7) is 7.22. The van der Waals surface area contributed by atoms with Gasteiger partial charge >= 0.3 is 6.09 Å². The molecule has 0 atom stereocenters. The van der Waals surface area contributed by atoms with E-state index >= 15 is 0 Å². The van der Waals surface area contributed by atoms with Crippen LogP contribution in [0.5, 0.6) is 5.75 Å². The number of nitrogens with zero attached hydrogens (tertiary/aromatic N) is 4. The molecule has 4 rings (SSSR count). The van der Waals surface area contributed by atoms with Gasteiger partial charge in [0.05, 0.1) is 25.9 Å². The number of aromatic nitrogens is 3. The number of hydrogen-bond acceptors (Lipinski definition) is 7. The van der Waals surface area contributed by atoms with Gasteiger partial charge in [-0.1, -0.05) is 5.16 Å². The largest absolute Gasteiger partial charge is 0.496 e. The SMILES string of the molecule is COc1cc(Cn2cc3c(n2)CCN(C(=O)OC(C)(C)C)C3)cc2onc(N)c12. The summed E-state index contributed by atoms with van der Waals surface area (Å²) in [5.41, 5.74) is 8.90. The number of benzene rings is 1. The maximum atomic E-state index is 12.4. The standard InChI is InChI=1S/C20H25N5O4/c1-20(2,3)28-19(26)24-6-5-14-13(10-24)11-25(22-14)9-12-7-15(27-4)17-16(8-12)29-23-18(17)21/h7-8,11H,5-6,9-10H2,1-4H3,(H2,21,23). The molecule has 0 fully saturated rings. The molecule has 3 heterocycles. The highest BCUT2D eigenvalue weighted by atomic mass is 16.6. The number of rotatable bonds is 3. The monoisotopic (exact) mass is 399 g/mol. The molecule has 2 N–H and O–H groups in total. The molecule has 1 aliphatic heterocycles. The summed E-state index contributed by atoms with van der Waals surface area (Å²) in [7, 11) is 1.59. The summed E-state index contributed by atoms with van der Waals surface area (Å²) in [4.78, 5) is 14.1. The topological polar surface area (TPSA) is 109 Å². The number of anilines is 1. The molecular weight excluding hydrogens is 374 g/mol. The number of methoxy groups -OCH3 is 1. The van der Waals surface area contributed by atoms with Crippen molar-refractivity contribution in [1.29, 1.82) is 0 Å². The van der Waals surface area contributed by atoms with Crippen LogP contribution in [0.4, 0.5) is 10.6 Å². The maximum absolute atomic E-state index is 12.4. The Morgan fingerprint density at radius 2 is 2.14 bits per heavy atom. The van der Waals surface area contributed by atoms with Crippen molar-refractivity contribution in [3.63, 3.8) is 0 Å². The number of carbonyl (C=O) groups excluding carboxylic acids is 1. The van der Waals surface area contributed by atoms with Crippen LogP contribution in [0.3, 0.4) is 0 Å². The number of fused-ring (bicyclic) bond motifs is 2. The molecular formula is C20H25N5O4. The Morgan fingerprint density at radius 3 is 2.86 bits per heavy atom. The van der Waals surface area contributed by atoms with E-state index in [0.29, 0.717) is 48.6 Å². The fraction of sp³-hybridized carbons (Fsp3) is 0.450. The van der Waals surface area contributed by atoms with Gasteiger partial charge in [-0.25, -0.2) is 4.79 Å². The van der Waals surface area contributed by atoms with Crippen molar-refractivity contribution in [2.24, 2.45) is 0 Å². The Labute approximate surface area is 168 Å². The van der Waals surface area contributed by atoms with Crippen LogP contribution in [0.1, 0.15) is 37.6 Å². The minimum absolute atomic E-state index is 0.297. The third-order valence-electron chi connectivity index (χ3n) is 4.74. The van der Waals surface area contributed by atoms with Crippen molar-refractivity contribution in [2.45, 2.75) is 45.9 Å². The Balaban J connectivity index is 1.53. The van der Waals surface area contributed by atoms with Gasteiger partial charge in [0.1, 0.15) is 16.7 Å². The molecule has 1 aromatic carbocycles. The molecule has 0 bridgehead atoms. The summed E-state index contributed by atoms with van der Waals surface area (Å²) in [6, 6.07) is 3.79. The highest BCUT2D eigenvalue weighted by Gasteiger charge is 2.27. The average molecular weight is 399 g/mol. The zero-order valence-corrected chi connectivity index (χ0v) is 17.1. The molecule has 29 heavy (non-hydrogen) atoms. The Kier molecular flexibility index (Phi) is 4.60. The number of amides is 1. The number of nitrogen functional groups attached to an aromatic ring is 1. The quantitative estimate of drug-likeness (QED) is 0.721. The normalized spacial score (nSPS) is 14.1. The van der Waals surface area contributed by atoms with E-state index in [0.717, 1.165) is 16.8 Å². The van der Waals surface area contributed by atoms with E-state index in [1.165, 1.54) is 0 Å². The fourth-order valence-corrected chi connectivity index (χ4v) is 3.49. The minimum atomic E-state index is -0.511. The van der Waals surface area contributed by atoms with Crippen molar-refractivity contribution < 1.29 is 18.8 Å². The van der Waals surface area contributed by atoms with Crippen molar-refractivity contribution in [1.82, 2.24) is 19.8 Å². The number of hydrogen-bond donors (Lipinski definition) is 1. The zero-order chi connectivity index (χ0) is 20.8. The molecule has 0 spiro atoms. The molecule has 0 saturated heterocycles. The average Bonchev–Trinajstić information content (AvgIpc) is 3.22. The molecule has 9 heteroatoms. The summed E-state index contributed by atoms with van der Waals surface area (Å²) in [5, 5.41) is 9.16. The van der Waals surface area contributed by atoms with Crippen molar-refractivity contribution in [2.75, 3.05) is 19.4 Å². The Hall–Kier alpha value is -3.23. The van der Waals surface area contributed by atoms with Gasteiger partial charge in [0.25, 0.3) is 0 Å². The van der Waals surface area contributed by atoms with Gasteiger partial charge in [0.2, 0.25) is 0 Å². The van der Waals surface area contributed by atoms with E-state index in [4.69, 9.17) is 19.7 Å². The molecule has 0 saturated carbocycles. The van der Waals surface area contributed by atoms with Crippen molar-refractivity contribution in [3.8, 4) is 5.75 Å². The molecule has 2 aromatic heterocycles. The Morgan fingerprint density at radius 1 is 1.34 bits per heavy atom. The molecule has 0 radical (unpaired) electrons. The second-order valence-electron chi connectivity index (χ2n) is 8.19. The molecule has 3 aromatic rings. The van der Waals surface area contributed by atoms with E-state index < -0.39 is 5.60 Å². The molecule has 154 valence electrons. The first-order chi connectivity index (χ1) is 13.7. The number of carbonyl (C=O) groups is 1. The molecule has 0 unspecified atom stereocenters. The predicted octanol–water partition coefficient (Wildman–Crippen LogP) is 2.96. The lowest BCUT2D eigenvalue weighted by atomic mass is 10.1. The first kappa shape index (κ1) is 19.1. The van der Waals surface area contributed by atoms with E-state index in [2.05, 4.69) is 10.3 Å². The molecule has 9 nitrogen and oxygen atoms in total. The van der Waals surface area contributed by atoms with Crippen LogP contribution in [0.25, 0.3) is 11.0 Å². The van der Waals surface area contributed by atoms with Gasteiger partial charge in [0, 0.05) is 24.7 Å². The summed E-state index contributed by atoms with van der Waals surface area (Å²) < 4.78 is 18.1. The van der Waals surface area contributed by atoms with Gasteiger partial charge in [-0.2, -0.15) is 5.10 Å². The van der Waals surface area contributed by atoms with Gasteiger partial charge in [-0.15, -0.1) is 0 Å². The first-order valence-corrected chi connectivity index (χ1v) is 9.48. The van der Waals surface area contributed by atoms with Crippen LogP contribution in [0.2, 0.25) is 0 Å². The molecule has 1 aliphatic rings. The smallest absolute Gasteiger partial charge is 0.410 e. The second-order valence-corrected chi connectivity index (χ2v) is 8.19. The van der Waals surface area contributed by atoms with Crippen molar-refractivity contribution >= 4 is 22.9 Å². The highest BCUT2D eigenvalue weighted by molar-refractivity contribution is 5.93. The van der Waals surface area contributed by atoms with Crippen LogP contribution in [-0.4, -0.2) is 45.2 Å². The second kappa shape index (κ2) is 6.98. The molecule has 0 aliphatic carbocycles. The molecule has 1 amide bonds. The predicted molar refractivity (Wildman–Crippen MR) is 107 cm³/mol.